The minimum Gasteiger partial charge on any atom is -0.448 e. The first-order chi connectivity index (χ1) is 12.9. The summed E-state index contributed by atoms with van der Waals surface area (Å²) >= 11 is 0. The van der Waals surface area contributed by atoms with Gasteiger partial charge in [0.05, 0.1) is 0 Å². The highest BCUT2D eigenvalue weighted by molar-refractivity contribution is 5.99. The highest BCUT2D eigenvalue weighted by Gasteiger charge is 2.29. The van der Waals surface area contributed by atoms with Gasteiger partial charge in [-0.1, -0.05) is 13.8 Å². The smallest absolute Gasteiger partial charge is 0.405 e. The maximum Gasteiger partial charge on any atom is 0.405 e. The van der Waals surface area contributed by atoms with Crippen LogP contribution in [0.5, 0.6) is 0 Å². The molecule has 6 nitrogen and oxygen atoms in total. The molecule has 0 unspecified atom stereocenters. The number of nitrogens with one attached hydrogen (secondary N) is 1. The molecule has 1 heterocycles. The Morgan fingerprint density at radius 1 is 1.32 bits per heavy atom. The summed E-state index contributed by atoms with van der Waals surface area (Å²) in [5, 5.41) is 10.9. The van der Waals surface area contributed by atoms with E-state index in [1.165, 1.54) is 6.08 Å². The zero-order valence-electron chi connectivity index (χ0n) is 16.5. The molecule has 1 aromatic rings. The van der Waals surface area contributed by atoms with Gasteiger partial charge < -0.3 is 14.6 Å². The monoisotopic (exact) mass is 399 g/mol. The van der Waals surface area contributed by atoms with Gasteiger partial charge in [-0.15, -0.1) is 0 Å². The summed E-state index contributed by atoms with van der Waals surface area (Å²) in [5.74, 6) is -1.78. The zero-order chi connectivity index (χ0) is 21.6. The number of ether oxygens (including phenoxy) is 1. The molecule has 0 radical (unpaired) electrons. The Hall–Kier alpha value is -2.76. The predicted octanol–water partition coefficient (Wildman–Crippen LogP) is 3.28. The third-order valence-electron chi connectivity index (χ3n) is 3.92. The molecule has 0 fully saturated rings. The molecule has 0 saturated heterocycles. The summed E-state index contributed by atoms with van der Waals surface area (Å²) in [6.45, 7) is 8.27. The van der Waals surface area contributed by atoms with E-state index >= 15 is 0 Å². The van der Waals surface area contributed by atoms with Gasteiger partial charge >= 0.3 is 12.1 Å². The van der Waals surface area contributed by atoms with Crippen molar-refractivity contribution in [2.45, 2.75) is 53.4 Å². The van der Waals surface area contributed by atoms with Crippen LogP contribution in [-0.4, -0.2) is 35.3 Å². The quantitative estimate of drug-likeness (QED) is 0.433. The van der Waals surface area contributed by atoms with Crippen molar-refractivity contribution in [3.8, 4) is 6.07 Å². The highest BCUT2D eigenvalue weighted by Crippen LogP contribution is 2.20. The number of aryl methyl sites for hydroxylation is 1. The number of nitriles is 1. The predicted molar refractivity (Wildman–Crippen MR) is 97.0 cm³/mol. The van der Waals surface area contributed by atoms with E-state index in [2.05, 4.69) is 18.4 Å². The fourth-order valence-corrected chi connectivity index (χ4v) is 2.52. The van der Waals surface area contributed by atoms with Crippen LogP contribution in [0, 0.1) is 31.1 Å². The SMILES string of the molecule is Cc1cc(/C=C(\C#N)C(=O)O[C@H](C)C(=O)NCC(F)(F)F)c(C)n1CC(C)C. The summed E-state index contributed by atoms with van der Waals surface area (Å²) < 4.78 is 43.3. The molecular weight excluding hydrogens is 375 g/mol. The normalized spacial score (nSPS) is 13.2. The second-order valence-corrected chi connectivity index (χ2v) is 6.88. The summed E-state index contributed by atoms with van der Waals surface area (Å²) in [7, 11) is 0. The number of aromatic nitrogens is 1. The first-order valence-electron chi connectivity index (χ1n) is 8.69. The lowest BCUT2D eigenvalue weighted by Gasteiger charge is -2.14. The van der Waals surface area contributed by atoms with Crippen molar-refractivity contribution >= 4 is 18.0 Å². The van der Waals surface area contributed by atoms with Crippen LogP contribution in [0.1, 0.15) is 37.7 Å². The molecule has 9 heteroatoms. The molecule has 0 aliphatic carbocycles. The number of esters is 1. The van der Waals surface area contributed by atoms with E-state index in [4.69, 9.17) is 4.74 Å². The van der Waals surface area contributed by atoms with Gasteiger partial charge in [-0.2, -0.15) is 18.4 Å². The minimum atomic E-state index is -4.57. The topological polar surface area (TPSA) is 84.1 Å². The number of hydrogen-bond donors (Lipinski definition) is 1. The van der Waals surface area contributed by atoms with Crippen LogP contribution < -0.4 is 5.32 Å². The summed E-state index contributed by atoms with van der Waals surface area (Å²) in [6.07, 6.45) is -4.70. The molecule has 0 bridgehead atoms. The van der Waals surface area contributed by atoms with E-state index in [1.54, 1.807) is 11.4 Å². The number of hydrogen-bond acceptors (Lipinski definition) is 4. The van der Waals surface area contributed by atoms with Gasteiger partial charge in [-0.25, -0.2) is 4.79 Å². The minimum absolute atomic E-state index is 0.347. The Morgan fingerprint density at radius 2 is 1.93 bits per heavy atom. The van der Waals surface area contributed by atoms with Gasteiger partial charge in [-0.3, -0.25) is 4.79 Å². The number of alkyl halides is 3. The molecule has 1 amide bonds. The number of carbonyl (C=O) groups excluding carboxylic acids is 2. The Bertz CT molecular complexity index is 802. The molecule has 0 spiro atoms. The van der Waals surface area contributed by atoms with Crippen molar-refractivity contribution in [3.05, 3.63) is 28.6 Å². The van der Waals surface area contributed by atoms with Gasteiger partial charge in [0.25, 0.3) is 5.91 Å². The second kappa shape index (κ2) is 9.44. The molecule has 1 aromatic heterocycles. The first-order valence-corrected chi connectivity index (χ1v) is 8.69. The molecule has 1 rings (SSSR count). The van der Waals surface area contributed by atoms with Gasteiger partial charge in [-0.05, 0) is 44.4 Å². The summed E-state index contributed by atoms with van der Waals surface area (Å²) in [6, 6.07) is 3.53. The van der Waals surface area contributed by atoms with Crippen molar-refractivity contribution < 1.29 is 27.5 Å². The Morgan fingerprint density at radius 3 is 2.43 bits per heavy atom. The third-order valence-corrected chi connectivity index (χ3v) is 3.92. The third kappa shape index (κ3) is 6.76. The molecule has 28 heavy (non-hydrogen) atoms. The van der Waals surface area contributed by atoms with E-state index in [9.17, 15) is 28.0 Å². The summed E-state index contributed by atoms with van der Waals surface area (Å²) in [5.41, 5.74) is 2.13. The maximum absolute atomic E-state index is 12.2. The standard InChI is InChI=1S/C19H24F3N3O3/c1-11(2)9-25-12(3)6-15(13(25)4)7-16(8-23)18(27)28-14(5)17(26)24-10-19(20,21)22/h6-7,11,14H,9-10H2,1-5H3,(H,24,26)/b16-7+/t14-/m1/s1. The number of rotatable bonds is 7. The lowest BCUT2D eigenvalue weighted by Crippen LogP contribution is -2.40. The van der Waals surface area contributed by atoms with Crippen LogP contribution >= 0.6 is 0 Å². The zero-order valence-corrected chi connectivity index (χ0v) is 16.5. The highest BCUT2D eigenvalue weighted by atomic mass is 19.4. The molecule has 0 aromatic carbocycles. The maximum atomic E-state index is 12.2. The van der Waals surface area contributed by atoms with Crippen molar-refractivity contribution in [1.29, 1.82) is 5.26 Å². The lowest BCUT2D eigenvalue weighted by molar-refractivity contribution is -0.154. The molecule has 154 valence electrons. The van der Waals surface area contributed by atoms with Gasteiger partial charge in [0.1, 0.15) is 18.2 Å². The average Bonchev–Trinajstić information content (AvgIpc) is 2.83. The summed E-state index contributed by atoms with van der Waals surface area (Å²) in [4.78, 5) is 23.8. The van der Waals surface area contributed by atoms with Gasteiger partial charge in [0.15, 0.2) is 6.10 Å². The van der Waals surface area contributed by atoms with Crippen LogP contribution in [0.2, 0.25) is 0 Å². The molecule has 1 atom stereocenters. The van der Waals surface area contributed by atoms with E-state index in [0.29, 0.717) is 11.5 Å². The van der Waals surface area contributed by atoms with Crippen LogP contribution in [0.3, 0.4) is 0 Å². The van der Waals surface area contributed by atoms with Gasteiger partial charge in [0.2, 0.25) is 0 Å². The fourth-order valence-electron chi connectivity index (χ4n) is 2.52. The average molecular weight is 399 g/mol. The number of nitrogens with zero attached hydrogens (tertiary/aromatic N) is 2. The van der Waals surface area contributed by atoms with Crippen LogP contribution in [0.25, 0.3) is 6.08 Å². The molecular formula is C19H24F3N3O3. The largest absolute Gasteiger partial charge is 0.448 e. The second-order valence-electron chi connectivity index (χ2n) is 6.88. The van der Waals surface area contributed by atoms with Crippen molar-refractivity contribution in [3.63, 3.8) is 0 Å². The first kappa shape index (κ1) is 23.3. The Balaban J connectivity index is 2.92. The fraction of sp³-hybridized carbons (Fsp3) is 0.526. The van der Waals surface area contributed by atoms with E-state index in [0.717, 1.165) is 24.9 Å². The molecule has 0 saturated carbocycles. The van der Waals surface area contributed by atoms with Crippen LogP contribution in [0.15, 0.2) is 11.6 Å². The number of carbonyl (C=O) groups is 2. The van der Waals surface area contributed by atoms with Gasteiger partial charge in [0, 0.05) is 17.9 Å². The van der Waals surface area contributed by atoms with Crippen molar-refractivity contribution in [1.82, 2.24) is 9.88 Å². The molecule has 0 aliphatic heterocycles. The van der Waals surface area contributed by atoms with E-state index in [-0.39, 0.29) is 5.57 Å². The van der Waals surface area contributed by atoms with Crippen LogP contribution in [0.4, 0.5) is 13.2 Å². The molecule has 1 N–H and O–H groups in total. The van der Waals surface area contributed by atoms with Crippen molar-refractivity contribution in [2.24, 2.45) is 5.92 Å². The number of amides is 1. The molecule has 0 aliphatic rings. The lowest BCUT2D eigenvalue weighted by atomic mass is 10.1. The van der Waals surface area contributed by atoms with E-state index < -0.39 is 30.7 Å². The van der Waals surface area contributed by atoms with Crippen LogP contribution in [-0.2, 0) is 20.9 Å². The Labute approximate surface area is 162 Å². The Kier molecular flexibility index (Phi) is 7.85. The van der Waals surface area contributed by atoms with Crippen molar-refractivity contribution in [2.75, 3.05) is 6.54 Å². The number of halogens is 3. The van der Waals surface area contributed by atoms with E-state index in [1.807, 2.05) is 19.9 Å².